The highest BCUT2D eigenvalue weighted by Gasteiger charge is 2.19. The minimum absolute atomic E-state index is 0.203. The van der Waals surface area contributed by atoms with E-state index in [0.29, 0.717) is 12.2 Å². The number of aryl methyl sites for hydroxylation is 1. The van der Waals surface area contributed by atoms with Crippen molar-refractivity contribution in [3.05, 3.63) is 65.2 Å². The molecule has 7 nitrogen and oxygen atoms in total. The Bertz CT molecular complexity index is 803. The highest BCUT2D eigenvalue weighted by molar-refractivity contribution is 5.94. The molecular formula is C19H21N3O4. The van der Waals surface area contributed by atoms with Gasteiger partial charge in [0, 0.05) is 12.2 Å². The average Bonchev–Trinajstić information content (AvgIpc) is 2.60. The lowest BCUT2D eigenvalue weighted by Gasteiger charge is -2.14. The molecule has 7 heteroatoms. The molecule has 0 radical (unpaired) electrons. The van der Waals surface area contributed by atoms with Gasteiger partial charge in [-0.05, 0) is 37.6 Å². The number of esters is 1. The normalized spacial score (nSPS) is 11.3. The summed E-state index contributed by atoms with van der Waals surface area (Å²) in [6.45, 7) is 3.82. The van der Waals surface area contributed by atoms with Crippen LogP contribution in [0.2, 0.25) is 0 Å². The van der Waals surface area contributed by atoms with Gasteiger partial charge in [0.1, 0.15) is 0 Å². The zero-order valence-corrected chi connectivity index (χ0v) is 14.6. The van der Waals surface area contributed by atoms with Crippen LogP contribution in [0.25, 0.3) is 0 Å². The standard InChI is InChI=1S/C19H21N3O4/c1-12-6-8-14(9-7-12)11-21-17(23)13(2)26-18(24)15-4-3-5-16(10-15)22-19(20)25/h3-10,13H,11H2,1-2H3,(H,21,23)(H3,20,22,25). The van der Waals surface area contributed by atoms with Crippen LogP contribution in [0.5, 0.6) is 0 Å². The number of primary amides is 1. The average molecular weight is 355 g/mol. The number of hydrogen-bond acceptors (Lipinski definition) is 4. The molecule has 1 unspecified atom stereocenters. The molecule has 0 heterocycles. The Morgan fingerprint density at radius 1 is 1.12 bits per heavy atom. The number of carbonyl (C=O) groups is 3. The van der Waals surface area contributed by atoms with E-state index in [1.807, 2.05) is 31.2 Å². The van der Waals surface area contributed by atoms with Crippen LogP contribution in [0.4, 0.5) is 10.5 Å². The number of nitrogens with one attached hydrogen (secondary N) is 2. The van der Waals surface area contributed by atoms with E-state index in [-0.39, 0.29) is 5.56 Å². The van der Waals surface area contributed by atoms with Crippen molar-refractivity contribution in [1.82, 2.24) is 5.32 Å². The number of rotatable bonds is 6. The molecule has 26 heavy (non-hydrogen) atoms. The number of nitrogens with two attached hydrogens (primary N) is 1. The zero-order chi connectivity index (χ0) is 19.1. The Balaban J connectivity index is 1.90. The molecule has 0 aliphatic heterocycles. The van der Waals surface area contributed by atoms with E-state index in [0.717, 1.165) is 11.1 Å². The van der Waals surface area contributed by atoms with Crippen LogP contribution in [0, 0.1) is 6.92 Å². The quantitative estimate of drug-likeness (QED) is 0.691. The Morgan fingerprint density at radius 2 is 1.81 bits per heavy atom. The van der Waals surface area contributed by atoms with E-state index in [4.69, 9.17) is 10.5 Å². The molecule has 0 bridgehead atoms. The third-order valence-electron chi connectivity index (χ3n) is 3.61. The van der Waals surface area contributed by atoms with Gasteiger partial charge in [0.25, 0.3) is 5.91 Å². The van der Waals surface area contributed by atoms with Crippen LogP contribution in [-0.4, -0.2) is 24.0 Å². The third-order valence-corrected chi connectivity index (χ3v) is 3.61. The van der Waals surface area contributed by atoms with Crippen molar-refractivity contribution in [3.63, 3.8) is 0 Å². The second-order valence-electron chi connectivity index (χ2n) is 5.82. The van der Waals surface area contributed by atoms with Gasteiger partial charge in [-0.15, -0.1) is 0 Å². The second kappa shape index (κ2) is 8.66. The third kappa shape index (κ3) is 5.62. The minimum atomic E-state index is -0.958. The summed E-state index contributed by atoms with van der Waals surface area (Å²) in [5, 5.41) is 5.09. The molecule has 2 aromatic carbocycles. The molecule has 0 saturated heterocycles. The molecule has 0 aromatic heterocycles. The van der Waals surface area contributed by atoms with Crippen LogP contribution in [0.3, 0.4) is 0 Å². The van der Waals surface area contributed by atoms with Crippen molar-refractivity contribution in [1.29, 1.82) is 0 Å². The second-order valence-corrected chi connectivity index (χ2v) is 5.82. The summed E-state index contributed by atoms with van der Waals surface area (Å²) in [4.78, 5) is 35.1. The lowest BCUT2D eigenvalue weighted by Crippen LogP contribution is -2.35. The van der Waals surface area contributed by atoms with Crippen molar-refractivity contribution in [2.45, 2.75) is 26.5 Å². The van der Waals surface area contributed by atoms with Crippen molar-refractivity contribution >= 4 is 23.6 Å². The highest BCUT2D eigenvalue weighted by atomic mass is 16.5. The van der Waals surface area contributed by atoms with Gasteiger partial charge < -0.3 is 21.1 Å². The molecule has 4 N–H and O–H groups in total. The summed E-state index contributed by atoms with van der Waals surface area (Å²) in [5.41, 5.74) is 7.70. The Kier molecular flexibility index (Phi) is 6.32. The molecule has 3 amide bonds. The maximum atomic E-state index is 12.2. The smallest absolute Gasteiger partial charge is 0.338 e. The van der Waals surface area contributed by atoms with Crippen LogP contribution in [0.1, 0.15) is 28.4 Å². The van der Waals surface area contributed by atoms with Gasteiger partial charge >= 0.3 is 12.0 Å². The van der Waals surface area contributed by atoms with Crippen LogP contribution in [-0.2, 0) is 16.1 Å². The molecule has 0 fully saturated rings. The summed E-state index contributed by atoms with van der Waals surface area (Å²) in [7, 11) is 0. The summed E-state index contributed by atoms with van der Waals surface area (Å²) in [6, 6.07) is 13.1. The molecule has 136 valence electrons. The number of carbonyl (C=O) groups excluding carboxylic acids is 3. The molecule has 0 saturated carbocycles. The molecule has 0 aliphatic carbocycles. The first-order chi connectivity index (χ1) is 12.3. The summed E-state index contributed by atoms with van der Waals surface area (Å²) >= 11 is 0. The molecule has 0 spiro atoms. The van der Waals surface area contributed by atoms with Crippen LogP contribution >= 0.6 is 0 Å². The van der Waals surface area contributed by atoms with E-state index in [1.165, 1.54) is 19.1 Å². The number of ether oxygens (including phenoxy) is 1. The van der Waals surface area contributed by atoms with E-state index in [2.05, 4.69) is 10.6 Å². The van der Waals surface area contributed by atoms with Crippen LogP contribution in [0.15, 0.2) is 48.5 Å². The summed E-state index contributed by atoms with van der Waals surface area (Å²) in [6.07, 6.45) is -0.958. The van der Waals surface area contributed by atoms with Gasteiger partial charge in [-0.2, -0.15) is 0 Å². The van der Waals surface area contributed by atoms with Crippen molar-refractivity contribution in [2.24, 2.45) is 5.73 Å². The minimum Gasteiger partial charge on any atom is -0.449 e. The van der Waals surface area contributed by atoms with E-state index in [1.54, 1.807) is 12.1 Å². The highest BCUT2D eigenvalue weighted by Crippen LogP contribution is 2.12. The first kappa shape index (κ1) is 19.0. The summed E-state index contributed by atoms with van der Waals surface area (Å²) in [5.74, 6) is -1.07. The van der Waals surface area contributed by atoms with Crippen LogP contribution < -0.4 is 16.4 Å². The lowest BCUT2D eigenvalue weighted by molar-refractivity contribution is -0.129. The maximum absolute atomic E-state index is 12.2. The molecule has 2 rings (SSSR count). The van der Waals surface area contributed by atoms with Crippen molar-refractivity contribution in [3.8, 4) is 0 Å². The maximum Gasteiger partial charge on any atom is 0.338 e. The van der Waals surface area contributed by atoms with Gasteiger partial charge in [-0.25, -0.2) is 9.59 Å². The molecule has 0 aliphatic rings. The fraction of sp³-hybridized carbons (Fsp3) is 0.211. The van der Waals surface area contributed by atoms with Crippen molar-refractivity contribution < 1.29 is 19.1 Å². The topological polar surface area (TPSA) is 111 Å². The van der Waals surface area contributed by atoms with E-state index >= 15 is 0 Å². The predicted octanol–water partition coefficient (Wildman–Crippen LogP) is 2.35. The number of amides is 3. The molecular weight excluding hydrogens is 334 g/mol. The number of urea groups is 1. The fourth-order valence-corrected chi connectivity index (χ4v) is 2.19. The van der Waals surface area contributed by atoms with E-state index in [9.17, 15) is 14.4 Å². The Hall–Kier alpha value is -3.35. The fourth-order valence-electron chi connectivity index (χ4n) is 2.19. The lowest BCUT2D eigenvalue weighted by atomic mass is 10.1. The number of anilines is 1. The predicted molar refractivity (Wildman–Crippen MR) is 97.6 cm³/mol. The van der Waals surface area contributed by atoms with Gasteiger partial charge in [0.15, 0.2) is 6.10 Å². The number of hydrogen-bond donors (Lipinski definition) is 3. The number of benzene rings is 2. The van der Waals surface area contributed by atoms with Gasteiger partial charge in [0.2, 0.25) is 0 Å². The monoisotopic (exact) mass is 355 g/mol. The molecule has 2 aromatic rings. The van der Waals surface area contributed by atoms with Gasteiger partial charge in [-0.1, -0.05) is 35.9 Å². The van der Waals surface area contributed by atoms with Gasteiger partial charge in [0.05, 0.1) is 5.56 Å². The zero-order valence-electron chi connectivity index (χ0n) is 14.6. The van der Waals surface area contributed by atoms with E-state index < -0.39 is 24.0 Å². The first-order valence-electron chi connectivity index (χ1n) is 8.06. The van der Waals surface area contributed by atoms with Gasteiger partial charge in [-0.3, -0.25) is 4.79 Å². The largest absolute Gasteiger partial charge is 0.449 e. The SMILES string of the molecule is Cc1ccc(CNC(=O)C(C)OC(=O)c2cccc(NC(N)=O)c2)cc1. The Morgan fingerprint density at radius 3 is 2.46 bits per heavy atom. The first-order valence-corrected chi connectivity index (χ1v) is 8.06. The van der Waals surface area contributed by atoms with Crippen molar-refractivity contribution in [2.75, 3.05) is 5.32 Å². The summed E-state index contributed by atoms with van der Waals surface area (Å²) < 4.78 is 5.17. The molecule has 1 atom stereocenters. The Labute approximate surface area is 151 Å².